The molecule has 0 aromatic heterocycles. The van der Waals surface area contributed by atoms with Crippen LogP contribution in [0.5, 0.6) is 5.75 Å². The van der Waals surface area contributed by atoms with Crippen molar-refractivity contribution in [1.82, 2.24) is 10.2 Å². The molecule has 2 atom stereocenters. The predicted molar refractivity (Wildman–Crippen MR) is 72.5 cm³/mol. The monoisotopic (exact) mass is 264 g/mol. The number of phenolic OH excluding ortho intramolecular Hbond substituents is 1. The van der Waals surface area contributed by atoms with Gasteiger partial charge in [-0.25, -0.2) is 4.39 Å². The van der Waals surface area contributed by atoms with Gasteiger partial charge >= 0.3 is 0 Å². The van der Waals surface area contributed by atoms with Gasteiger partial charge in [0.05, 0.1) is 0 Å². The molecule has 2 heterocycles. The minimum atomic E-state index is -0.291. The van der Waals surface area contributed by atoms with Gasteiger partial charge in [-0.2, -0.15) is 0 Å². The Kier molecular flexibility index (Phi) is 3.71. The molecule has 104 valence electrons. The van der Waals surface area contributed by atoms with Crippen molar-refractivity contribution >= 4 is 0 Å². The summed E-state index contributed by atoms with van der Waals surface area (Å²) in [6, 6.07) is 5.34. The molecule has 19 heavy (non-hydrogen) atoms. The second-order valence-corrected chi connectivity index (χ2v) is 5.71. The number of hydrogen-bond donors (Lipinski definition) is 2. The molecule has 0 aliphatic carbocycles. The molecule has 2 fully saturated rings. The van der Waals surface area contributed by atoms with Gasteiger partial charge in [0.2, 0.25) is 0 Å². The molecule has 2 N–H and O–H groups in total. The summed E-state index contributed by atoms with van der Waals surface area (Å²) in [5.74, 6) is -0.118. The maximum Gasteiger partial charge on any atom is 0.123 e. The Morgan fingerprint density at radius 3 is 3.11 bits per heavy atom. The zero-order chi connectivity index (χ0) is 13.2. The first-order valence-electron chi connectivity index (χ1n) is 7.17. The summed E-state index contributed by atoms with van der Waals surface area (Å²) in [6.45, 7) is 2.96. The molecular weight excluding hydrogens is 243 g/mol. The Bertz CT molecular complexity index is 452. The van der Waals surface area contributed by atoms with Crippen LogP contribution in [0.3, 0.4) is 0 Å². The summed E-state index contributed by atoms with van der Waals surface area (Å²) in [4.78, 5) is 2.58. The van der Waals surface area contributed by atoms with Crippen LogP contribution in [0.15, 0.2) is 18.2 Å². The number of phenols is 1. The third kappa shape index (κ3) is 2.90. The van der Waals surface area contributed by atoms with Gasteiger partial charge in [0.25, 0.3) is 0 Å². The van der Waals surface area contributed by atoms with E-state index in [-0.39, 0.29) is 11.6 Å². The second kappa shape index (κ2) is 5.47. The first kappa shape index (κ1) is 12.9. The maximum absolute atomic E-state index is 13.1. The van der Waals surface area contributed by atoms with Crippen LogP contribution in [-0.4, -0.2) is 35.2 Å². The molecule has 1 aromatic rings. The SMILES string of the molecule is Oc1ccc(F)cc1CNC1CCN2CCCC2C1. The highest BCUT2D eigenvalue weighted by molar-refractivity contribution is 5.32. The molecule has 0 spiro atoms. The summed E-state index contributed by atoms with van der Waals surface area (Å²) >= 11 is 0. The van der Waals surface area contributed by atoms with Crippen LogP contribution in [0.2, 0.25) is 0 Å². The molecule has 0 radical (unpaired) electrons. The van der Waals surface area contributed by atoms with E-state index in [1.165, 1.54) is 44.0 Å². The number of aromatic hydroxyl groups is 1. The van der Waals surface area contributed by atoms with Crippen molar-refractivity contribution in [2.75, 3.05) is 13.1 Å². The lowest BCUT2D eigenvalue weighted by atomic mass is 9.97. The standard InChI is InChI=1S/C15H21FN2O/c16-12-3-4-15(19)11(8-12)10-17-13-5-7-18-6-1-2-14(18)9-13/h3-4,8,13-14,17,19H,1-2,5-7,9-10H2. The van der Waals surface area contributed by atoms with E-state index in [4.69, 9.17) is 0 Å². The molecule has 3 rings (SSSR count). The van der Waals surface area contributed by atoms with Gasteiger partial charge in [-0.1, -0.05) is 0 Å². The van der Waals surface area contributed by atoms with Crippen LogP contribution in [-0.2, 0) is 6.54 Å². The number of piperidine rings is 1. The lowest BCUT2D eigenvalue weighted by molar-refractivity contribution is 0.166. The summed E-state index contributed by atoms with van der Waals surface area (Å²) in [5.41, 5.74) is 0.647. The molecule has 4 heteroatoms. The van der Waals surface area contributed by atoms with E-state index in [0.29, 0.717) is 18.2 Å². The Hall–Kier alpha value is -1.13. The van der Waals surface area contributed by atoms with Crippen LogP contribution in [0, 0.1) is 5.82 Å². The average Bonchev–Trinajstić information content (AvgIpc) is 2.87. The highest BCUT2D eigenvalue weighted by Gasteiger charge is 2.31. The molecule has 2 unspecified atom stereocenters. The van der Waals surface area contributed by atoms with Crippen molar-refractivity contribution < 1.29 is 9.50 Å². The van der Waals surface area contributed by atoms with Crippen molar-refractivity contribution in [1.29, 1.82) is 0 Å². The number of nitrogens with one attached hydrogen (secondary N) is 1. The average molecular weight is 264 g/mol. The Morgan fingerprint density at radius 1 is 1.32 bits per heavy atom. The highest BCUT2D eigenvalue weighted by atomic mass is 19.1. The third-order valence-electron chi connectivity index (χ3n) is 4.44. The van der Waals surface area contributed by atoms with Crippen molar-refractivity contribution in [3.05, 3.63) is 29.6 Å². The normalized spacial score (nSPS) is 27.4. The van der Waals surface area contributed by atoms with Gasteiger partial charge in [0, 0.05) is 24.2 Å². The molecule has 0 amide bonds. The fourth-order valence-electron chi connectivity index (χ4n) is 3.36. The van der Waals surface area contributed by atoms with E-state index in [2.05, 4.69) is 10.2 Å². The second-order valence-electron chi connectivity index (χ2n) is 5.71. The van der Waals surface area contributed by atoms with Crippen molar-refractivity contribution in [3.8, 4) is 5.75 Å². The maximum atomic E-state index is 13.1. The summed E-state index contributed by atoms with van der Waals surface area (Å²) in [5, 5.41) is 13.2. The number of fused-ring (bicyclic) bond motifs is 1. The first-order chi connectivity index (χ1) is 9.22. The highest BCUT2D eigenvalue weighted by Crippen LogP contribution is 2.27. The van der Waals surface area contributed by atoms with Crippen LogP contribution in [0.25, 0.3) is 0 Å². The van der Waals surface area contributed by atoms with Gasteiger partial charge in [0.1, 0.15) is 11.6 Å². The van der Waals surface area contributed by atoms with E-state index in [1.54, 1.807) is 0 Å². The molecule has 2 saturated heterocycles. The van der Waals surface area contributed by atoms with E-state index >= 15 is 0 Å². The fourth-order valence-corrected chi connectivity index (χ4v) is 3.36. The number of halogens is 1. The van der Waals surface area contributed by atoms with Gasteiger partial charge < -0.3 is 15.3 Å². The van der Waals surface area contributed by atoms with E-state index in [0.717, 1.165) is 19.0 Å². The smallest absolute Gasteiger partial charge is 0.123 e. The Labute approximate surface area is 113 Å². The fraction of sp³-hybridized carbons (Fsp3) is 0.600. The van der Waals surface area contributed by atoms with Crippen LogP contribution >= 0.6 is 0 Å². The molecule has 2 aliphatic heterocycles. The Morgan fingerprint density at radius 2 is 2.21 bits per heavy atom. The molecule has 0 saturated carbocycles. The predicted octanol–water partition coefficient (Wildman–Crippen LogP) is 2.25. The van der Waals surface area contributed by atoms with E-state index < -0.39 is 0 Å². The van der Waals surface area contributed by atoms with Crippen molar-refractivity contribution in [3.63, 3.8) is 0 Å². The number of hydrogen-bond acceptors (Lipinski definition) is 3. The molecule has 1 aromatic carbocycles. The third-order valence-corrected chi connectivity index (χ3v) is 4.44. The Balaban J connectivity index is 1.56. The first-order valence-corrected chi connectivity index (χ1v) is 7.17. The van der Waals surface area contributed by atoms with Gasteiger partial charge in [-0.3, -0.25) is 0 Å². The summed E-state index contributed by atoms with van der Waals surface area (Å²) < 4.78 is 13.1. The molecular formula is C15H21FN2O. The lowest BCUT2D eigenvalue weighted by Crippen LogP contribution is -2.45. The van der Waals surface area contributed by atoms with Crippen LogP contribution in [0.1, 0.15) is 31.2 Å². The van der Waals surface area contributed by atoms with Crippen molar-refractivity contribution in [2.45, 2.75) is 44.3 Å². The zero-order valence-corrected chi connectivity index (χ0v) is 11.1. The molecule has 2 aliphatic rings. The molecule has 0 bridgehead atoms. The minimum Gasteiger partial charge on any atom is -0.508 e. The lowest BCUT2D eigenvalue weighted by Gasteiger charge is -2.35. The van der Waals surface area contributed by atoms with Crippen LogP contribution < -0.4 is 5.32 Å². The summed E-state index contributed by atoms with van der Waals surface area (Å²) in [7, 11) is 0. The van der Waals surface area contributed by atoms with Gasteiger partial charge in [-0.05, 0) is 57.0 Å². The molecule has 3 nitrogen and oxygen atoms in total. The zero-order valence-electron chi connectivity index (χ0n) is 11.1. The summed E-state index contributed by atoms with van der Waals surface area (Å²) in [6.07, 6.45) is 4.95. The van der Waals surface area contributed by atoms with Gasteiger partial charge in [0.15, 0.2) is 0 Å². The number of nitrogens with zero attached hydrogens (tertiary/aromatic N) is 1. The topological polar surface area (TPSA) is 35.5 Å². The quantitative estimate of drug-likeness (QED) is 0.879. The minimum absolute atomic E-state index is 0.173. The van der Waals surface area contributed by atoms with Crippen molar-refractivity contribution in [2.24, 2.45) is 0 Å². The number of rotatable bonds is 3. The number of benzene rings is 1. The van der Waals surface area contributed by atoms with E-state index in [9.17, 15) is 9.50 Å². The van der Waals surface area contributed by atoms with E-state index in [1.807, 2.05) is 0 Å². The largest absolute Gasteiger partial charge is 0.508 e. The van der Waals surface area contributed by atoms with Gasteiger partial charge in [-0.15, -0.1) is 0 Å². The van der Waals surface area contributed by atoms with Crippen LogP contribution in [0.4, 0.5) is 4.39 Å².